The minimum atomic E-state index is -1.07. The van der Waals surface area contributed by atoms with E-state index in [-0.39, 0.29) is 23.8 Å². The third-order valence-corrected chi connectivity index (χ3v) is 4.27. The monoisotopic (exact) mass is 306 g/mol. The molecule has 1 rings (SSSR count). The summed E-state index contributed by atoms with van der Waals surface area (Å²) in [7, 11) is 0. The lowest BCUT2D eigenvalue weighted by atomic mass is 9.68. The van der Waals surface area contributed by atoms with Crippen LogP contribution in [0, 0.1) is 10.8 Å². The lowest BCUT2D eigenvalue weighted by Gasteiger charge is -2.37. The fourth-order valence-electron chi connectivity index (χ4n) is 2.09. The Morgan fingerprint density at radius 3 is 2.50 bits per heavy atom. The molecule has 0 saturated carbocycles. The molecule has 0 aromatic carbocycles. The third kappa shape index (κ3) is 4.56. The normalized spacial score (nSPS) is 22.7. The fraction of sp³-hybridized carbons (Fsp3) is 0.529. The topological polar surface area (TPSA) is 92.4 Å². The van der Waals surface area contributed by atoms with E-state index in [2.05, 4.69) is 45.2 Å². The van der Waals surface area contributed by atoms with E-state index in [4.69, 9.17) is 5.73 Å². The molecular weight excluding hydrogens is 280 g/mol. The van der Waals surface area contributed by atoms with Gasteiger partial charge in [-0.3, -0.25) is 4.79 Å². The smallest absolute Gasteiger partial charge is 0.326 e. The molecule has 1 aliphatic rings. The summed E-state index contributed by atoms with van der Waals surface area (Å²) >= 11 is 0. The molecule has 1 aliphatic carbocycles. The summed E-state index contributed by atoms with van der Waals surface area (Å²) in [6, 6.07) is -0.973. The van der Waals surface area contributed by atoms with Crippen LogP contribution in [0.3, 0.4) is 0 Å². The van der Waals surface area contributed by atoms with E-state index in [1.807, 2.05) is 18.2 Å². The van der Waals surface area contributed by atoms with E-state index < -0.39 is 17.9 Å². The van der Waals surface area contributed by atoms with Gasteiger partial charge in [0.05, 0.1) is 6.54 Å². The highest BCUT2D eigenvalue weighted by atomic mass is 16.4. The first-order valence-electron chi connectivity index (χ1n) is 7.39. The Morgan fingerprint density at radius 1 is 1.36 bits per heavy atom. The fourth-order valence-corrected chi connectivity index (χ4v) is 2.09. The van der Waals surface area contributed by atoms with Crippen molar-refractivity contribution >= 4 is 11.9 Å². The lowest BCUT2D eigenvalue weighted by Crippen LogP contribution is -2.43. The van der Waals surface area contributed by atoms with Crippen molar-refractivity contribution in [3.8, 4) is 0 Å². The van der Waals surface area contributed by atoms with Gasteiger partial charge in [-0.25, -0.2) is 4.79 Å². The molecular formula is C17H26N2O3. The van der Waals surface area contributed by atoms with Gasteiger partial charge < -0.3 is 16.2 Å². The quantitative estimate of drug-likeness (QED) is 0.724. The first kappa shape index (κ1) is 18.2. The Bertz CT molecular complexity index is 527. The molecule has 122 valence electrons. The van der Waals surface area contributed by atoms with Crippen molar-refractivity contribution in [1.29, 1.82) is 0 Å². The second-order valence-corrected chi connectivity index (χ2v) is 6.83. The second kappa shape index (κ2) is 6.92. The minimum absolute atomic E-state index is 0.0449. The Labute approximate surface area is 132 Å². The molecule has 0 saturated heterocycles. The molecule has 0 heterocycles. The molecule has 2 atom stereocenters. The lowest BCUT2D eigenvalue weighted by molar-refractivity contribution is -0.141. The molecule has 4 N–H and O–H groups in total. The molecule has 0 radical (unpaired) electrons. The van der Waals surface area contributed by atoms with E-state index in [1.54, 1.807) is 0 Å². The van der Waals surface area contributed by atoms with E-state index in [0.717, 1.165) is 5.57 Å². The highest BCUT2D eigenvalue weighted by molar-refractivity contribution is 5.84. The summed E-state index contributed by atoms with van der Waals surface area (Å²) in [4.78, 5) is 22.6. The molecule has 0 spiro atoms. The summed E-state index contributed by atoms with van der Waals surface area (Å²) in [6.45, 7) is 8.40. The first-order valence-corrected chi connectivity index (χ1v) is 7.39. The van der Waals surface area contributed by atoms with Gasteiger partial charge in [0.25, 0.3) is 0 Å². The van der Waals surface area contributed by atoms with E-state index in [0.29, 0.717) is 0 Å². The second-order valence-electron chi connectivity index (χ2n) is 6.83. The van der Waals surface area contributed by atoms with Gasteiger partial charge in [0.1, 0.15) is 6.04 Å². The number of nitrogens with one attached hydrogen (secondary N) is 1. The van der Waals surface area contributed by atoms with Crippen molar-refractivity contribution in [2.45, 2.75) is 40.2 Å². The molecule has 22 heavy (non-hydrogen) atoms. The Balaban J connectivity index is 2.89. The van der Waals surface area contributed by atoms with Gasteiger partial charge in [0.2, 0.25) is 5.91 Å². The van der Waals surface area contributed by atoms with Gasteiger partial charge in [-0.15, -0.1) is 0 Å². The maximum absolute atomic E-state index is 11.3. The number of rotatable bonds is 5. The summed E-state index contributed by atoms with van der Waals surface area (Å²) in [5.41, 5.74) is 6.00. The highest BCUT2D eigenvalue weighted by Gasteiger charge is 2.33. The van der Waals surface area contributed by atoms with Crippen LogP contribution in [0.25, 0.3) is 0 Å². The zero-order chi connectivity index (χ0) is 17.0. The number of carbonyl (C=O) groups is 2. The molecule has 0 fully saturated rings. The molecule has 0 aromatic rings. The Kier molecular flexibility index (Phi) is 5.72. The Morgan fingerprint density at radius 2 is 2.00 bits per heavy atom. The number of carbonyl (C=O) groups excluding carboxylic acids is 1. The summed E-state index contributed by atoms with van der Waals surface area (Å²) in [5.74, 6) is -1.54. The summed E-state index contributed by atoms with van der Waals surface area (Å²) in [6.07, 6.45) is 10.2. The molecule has 1 unspecified atom stereocenters. The number of allylic oxidation sites excluding steroid dienone is 5. The number of nitrogens with two attached hydrogens (primary N) is 1. The van der Waals surface area contributed by atoms with Gasteiger partial charge in [0, 0.05) is 11.8 Å². The van der Waals surface area contributed by atoms with Crippen LogP contribution in [0.5, 0.6) is 0 Å². The largest absolute Gasteiger partial charge is 0.480 e. The first-order chi connectivity index (χ1) is 10.1. The van der Waals surface area contributed by atoms with Crippen molar-refractivity contribution in [2.75, 3.05) is 6.54 Å². The van der Waals surface area contributed by atoms with Crippen molar-refractivity contribution in [3.63, 3.8) is 0 Å². The predicted octanol–water partition coefficient (Wildman–Crippen LogP) is 2.01. The number of carboxylic acid groups (broad SMARTS) is 1. The van der Waals surface area contributed by atoms with E-state index >= 15 is 0 Å². The number of hydrogen-bond donors (Lipinski definition) is 3. The maximum Gasteiger partial charge on any atom is 0.326 e. The van der Waals surface area contributed by atoms with Crippen LogP contribution in [-0.2, 0) is 9.59 Å². The van der Waals surface area contributed by atoms with Crippen LogP contribution in [0.4, 0.5) is 0 Å². The van der Waals surface area contributed by atoms with Gasteiger partial charge in [-0.2, -0.15) is 0 Å². The number of aliphatic carboxylic acids is 1. The van der Waals surface area contributed by atoms with Crippen molar-refractivity contribution in [2.24, 2.45) is 16.6 Å². The summed E-state index contributed by atoms with van der Waals surface area (Å²) in [5, 5.41) is 11.6. The van der Waals surface area contributed by atoms with E-state index in [1.165, 1.54) is 0 Å². The zero-order valence-electron chi connectivity index (χ0n) is 13.7. The minimum Gasteiger partial charge on any atom is -0.480 e. The number of carboxylic acids is 1. The van der Waals surface area contributed by atoms with Crippen LogP contribution < -0.4 is 11.1 Å². The average Bonchev–Trinajstić information content (AvgIpc) is 2.60. The molecule has 0 bridgehead atoms. The van der Waals surface area contributed by atoms with Crippen LogP contribution in [0.15, 0.2) is 36.0 Å². The van der Waals surface area contributed by atoms with Gasteiger partial charge in [-0.05, 0) is 11.0 Å². The molecule has 0 aromatic heterocycles. The SMILES string of the molecule is CC(C)(C)C1(C)C=CC=C(C[C@@H](NC(=O)CN)C(=O)O)C=C1. The van der Waals surface area contributed by atoms with Crippen LogP contribution in [0.2, 0.25) is 0 Å². The third-order valence-electron chi connectivity index (χ3n) is 4.27. The average molecular weight is 306 g/mol. The molecule has 5 nitrogen and oxygen atoms in total. The van der Waals surface area contributed by atoms with Gasteiger partial charge >= 0.3 is 5.97 Å². The number of amides is 1. The van der Waals surface area contributed by atoms with Gasteiger partial charge in [0.15, 0.2) is 0 Å². The van der Waals surface area contributed by atoms with Crippen molar-refractivity contribution in [1.82, 2.24) is 5.32 Å². The maximum atomic E-state index is 11.3. The van der Waals surface area contributed by atoms with Crippen LogP contribution >= 0.6 is 0 Å². The highest BCUT2D eigenvalue weighted by Crippen LogP contribution is 2.42. The van der Waals surface area contributed by atoms with Crippen molar-refractivity contribution < 1.29 is 14.7 Å². The summed E-state index contributed by atoms with van der Waals surface area (Å²) < 4.78 is 0. The standard InChI is InChI=1S/C17H26N2O3/c1-16(2,3)17(4)8-5-6-12(7-9-17)10-13(15(21)22)19-14(20)11-18/h5-9,13H,10-11,18H2,1-4H3,(H,19,20)(H,21,22)/t13-,17?/m1/s1. The van der Waals surface area contributed by atoms with Crippen LogP contribution in [0.1, 0.15) is 34.1 Å². The molecule has 1 amide bonds. The van der Waals surface area contributed by atoms with E-state index in [9.17, 15) is 14.7 Å². The van der Waals surface area contributed by atoms with Crippen LogP contribution in [-0.4, -0.2) is 29.6 Å². The number of hydrogen-bond acceptors (Lipinski definition) is 3. The van der Waals surface area contributed by atoms with Gasteiger partial charge in [-0.1, -0.05) is 58.1 Å². The molecule has 5 heteroatoms. The zero-order valence-corrected chi connectivity index (χ0v) is 13.7. The predicted molar refractivity (Wildman–Crippen MR) is 87.2 cm³/mol. The molecule has 0 aliphatic heterocycles. The Hall–Kier alpha value is -1.88. The van der Waals surface area contributed by atoms with Crippen molar-refractivity contribution in [3.05, 3.63) is 36.0 Å².